The van der Waals surface area contributed by atoms with E-state index < -0.39 is 0 Å². The summed E-state index contributed by atoms with van der Waals surface area (Å²) in [6, 6.07) is 55.8. The van der Waals surface area contributed by atoms with E-state index in [9.17, 15) is 0 Å². The van der Waals surface area contributed by atoms with Crippen molar-refractivity contribution >= 4 is 39.6 Å². The molecule has 0 N–H and O–H groups in total. The quantitative estimate of drug-likeness (QED) is 0.192. The van der Waals surface area contributed by atoms with Crippen LogP contribution >= 0.6 is 0 Å². The monoisotopic (exact) mass is 587 g/mol. The zero-order valence-corrected chi connectivity index (χ0v) is 24.9. The number of para-hydroxylation sites is 3. The van der Waals surface area contributed by atoms with Crippen LogP contribution in [0.5, 0.6) is 17.2 Å². The van der Waals surface area contributed by atoms with Crippen molar-refractivity contribution in [2.24, 2.45) is 0 Å². The second-order valence-corrected chi connectivity index (χ2v) is 12.0. The molecule has 7 aromatic carbocycles. The molecular weight excluding hydrogens is 561 g/mol. The molecule has 3 nitrogen and oxygen atoms in total. The van der Waals surface area contributed by atoms with Gasteiger partial charge in [-0.15, -0.1) is 0 Å². The Balaban J connectivity index is 1.18. The van der Waals surface area contributed by atoms with E-state index in [1.165, 1.54) is 38.5 Å². The van der Waals surface area contributed by atoms with Gasteiger partial charge in [0.05, 0.1) is 16.7 Å². The first-order valence-electron chi connectivity index (χ1n) is 15.7. The van der Waals surface area contributed by atoms with Gasteiger partial charge < -0.3 is 14.0 Å². The van der Waals surface area contributed by atoms with E-state index in [4.69, 9.17) is 9.39 Å². The Bertz CT molecular complexity index is 2440. The van der Waals surface area contributed by atoms with Gasteiger partial charge in [-0.25, -0.2) is 0 Å². The normalized spacial score (nSPS) is 12.7. The Morgan fingerprint density at radius 2 is 1.07 bits per heavy atom. The lowest BCUT2D eigenvalue weighted by atomic mass is 9.50. The van der Waals surface area contributed by atoms with Crippen LogP contribution in [0.15, 0.2) is 158 Å². The first-order chi connectivity index (χ1) is 22.8. The van der Waals surface area contributed by atoms with Crippen LogP contribution in [0.1, 0.15) is 0 Å². The Morgan fingerprint density at radius 1 is 0.435 bits per heavy atom. The predicted molar refractivity (Wildman–Crippen MR) is 189 cm³/mol. The van der Waals surface area contributed by atoms with E-state index in [1.807, 2.05) is 6.07 Å². The molecule has 2 aliphatic heterocycles. The lowest BCUT2D eigenvalue weighted by molar-refractivity contribution is 0.479. The third kappa shape index (κ3) is 3.67. The fourth-order valence-corrected chi connectivity index (χ4v) is 7.45. The molecule has 0 saturated heterocycles. The molecule has 4 heteroatoms. The van der Waals surface area contributed by atoms with Gasteiger partial charge in [0.15, 0.2) is 0 Å². The number of fused-ring (bicyclic) bond motifs is 7. The van der Waals surface area contributed by atoms with Crippen molar-refractivity contribution in [2.75, 3.05) is 0 Å². The van der Waals surface area contributed by atoms with Gasteiger partial charge in [-0.05, 0) is 58.1 Å². The van der Waals surface area contributed by atoms with E-state index in [2.05, 4.69) is 156 Å². The maximum atomic E-state index is 6.86. The van der Waals surface area contributed by atoms with Gasteiger partial charge in [-0.1, -0.05) is 121 Å². The van der Waals surface area contributed by atoms with Crippen molar-refractivity contribution in [3.05, 3.63) is 158 Å². The summed E-state index contributed by atoms with van der Waals surface area (Å²) in [5, 5.41) is 2.47. The second-order valence-electron chi connectivity index (χ2n) is 12.0. The highest BCUT2D eigenvalue weighted by molar-refractivity contribution is 6.84. The molecular formula is C42H26BNO2. The maximum Gasteiger partial charge on any atom is 0.434 e. The summed E-state index contributed by atoms with van der Waals surface area (Å²) in [6.07, 6.45) is 0. The van der Waals surface area contributed by atoms with Crippen molar-refractivity contribution in [1.82, 2.24) is 4.57 Å². The third-order valence-corrected chi connectivity index (χ3v) is 9.48. The highest BCUT2D eigenvalue weighted by atomic mass is 16.5. The number of benzene rings is 7. The lowest BCUT2D eigenvalue weighted by Gasteiger charge is -2.33. The summed E-state index contributed by atoms with van der Waals surface area (Å²) in [5.74, 6) is 2.54. The Hall–Kier alpha value is -6.00. The SMILES string of the molecule is c1ccc(-c2ccccc2-c2ccc3c(c2)B2Oc4ccccc4-c4cc(-n5c6ccccc6c6ccccc65)cc(c42)O3)cc1. The summed E-state index contributed by atoms with van der Waals surface area (Å²) in [4.78, 5) is 0. The summed E-state index contributed by atoms with van der Waals surface area (Å²) >= 11 is 0. The van der Waals surface area contributed by atoms with Gasteiger partial charge in [-0.2, -0.15) is 0 Å². The summed E-state index contributed by atoms with van der Waals surface area (Å²) < 4.78 is 16.0. The molecule has 214 valence electrons. The topological polar surface area (TPSA) is 23.4 Å². The molecule has 0 amide bonds. The molecule has 0 unspecified atom stereocenters. The molecule has 0 fully saturated rings. The predicted octanol–water partition coefficient (Wildman–Crippen LogP) is 9.39. The van der Waals surface area contributed by atoms with Crippen LogP contribution in [0.4, 0.5) is 0 Å². The zero-order valence-electron chi connectivity index (χ0n) is 24.9. The number of nitrogens with zero attached hydrogens (tertiary/aromatic N) is 1. The minimum absolute atomic E-state index is 0.292. The van der Waals surface area contributed by atoms with Gasteiger partial charge >= 0.3 is 6.92 Å². The van der Waals surface area contributed by atoms with Crippen molar-refractivity contribution in [1.29, 1.82) is 0 Å². The molecule has 0 saturated carbocycles. The van der Waals surface area contributed by atoms with Crippen LogP contribution in [0.2, 0.25) is 0 Å². The largest absolute Gasteiger partial charge is 0.551 e. The van der Waals surface area contributed by atoms with Gasteiger partial charge in [0, 0.05) is 33.3 Å². The Kier molecular flexibility index (Phi) is 5.37. The molecule has 2 aliphatic rings. The van der Waals surface area contributed by atoms with Crippen LogP contribution < -0.4 is 20.3 Å². The number of hydrogen-bond acceptors (Lipinski definition) is 2. The van der Waals surface area contributed by atoms with Crippen LogP contribution in [0.3, 0.4) is 0 Å². The molecule has 0 radical (unpaired) electrons. The van der Waals surface area contributed by atoms with Gasteiger partial charge in [0.1, 0.15) is 17.2 Å². The molecule has 0 bridgehead atoms. The maximum absolute atomic E-state index is 6.86. The molecule has 10 rings (SSSR count). The summed E-state index contributed by atoms with van der Waals surface area (Å²) in [7, 11) is 0. The van der Waals surface area contributed by atoms with E-state index in [0.29, 0.717) is 0 Å². The van der Waals surface area contributed by atoms with Crippen molar-refractivity contribution < 1.29 is 9.39 Å². The summed E-state index contributed by atoms with van der Waals surface area (Å²) in [5.41, 5.74) is 12.5. The number of hydrogen-bond donors (Lipinski definition) is 0. The average Bonchev–Trinajstić information content (AvgIpc) is 3.46. The van der Waals surface area contributed by atoms with Crippen molar-refractivity contribution in [2.45, 2.75) is 0 Å². The number of rotatable bonds is 3. The van der Waals surface area contributed by atoms with Crippen LogP contribution in [0, 0.1) is 0 Å². The van der Waals surface area contributed by atoms with Crippen molar-refractivity contribution in [3.63, 3.8) is 0 Å². The molecule has 3 heterocycles. The standard InChI is InChI=1S/C42H26BNO2/c1-2-12-27(13-3-1)30-14-4-5-15-31(30)28-22-23-40-36(24-28)43-42-35(34-18-8-11-21-39(34)46-43)25-29(26-41(42)45-40)44-37-19-9-6-16-32(37)33-17-7-10-20-38(33)44/h1-26H. The molecule has 0 spiro atoms. The number of aromatic nitrogens is 1. The highest BCUT2D eigenvalue weighted by Crippen LogP contribution is 2.42. The van der Waals surface area contributed by atoms with E-state index in [-0.39, 0.29) is 6.92 Å². The smallest absolute Gasteiger partial charge is 0.434 e. The second kappa shape index (κ2) is 9.75. The zero-order chi connectivity index (χ0) is 30.2. The van der Waals surface area contributed by atoms with Crippen LogP contribution in [-0.2, 0) is 0 Å². The number of ether oxygens (including phenoxy) is 1. The fourth-order valence-electron chi connectivity index (χ4n) is 7.45. The van der Waals surface area contributed by atoms with Crippen molar-refractivity contribution in [3.8, 4) is 56.3 Å². The minimum atomic E-state index is -0.292. The van der Waals surface area contributed by atoms with E-state index in [1.54, 1.807) is 0 Å². The molecule has 46 heavy (non-hydrogen) atoms. The van der Waals surface area contributed by atoms with Crippen LogP contribution in [-0.4, -0.2) is 11.5 Å². The summed E-state index contributed by atoms with van der Waals surface area (Å²) in [6.45, 7) is -0.292. The average molecular weight is 587 g/mol. The van der Waals surface area contributed by atoms with E-state index >= 15 is 0 Å². The Labute approximate surface area is 267 Å². The van der Waals surface area contributed by atoms with Gasteiger partial charge in [-0.3, -0.25) is 0 Å². The van der Waals surface area contributed by atoms with Gasteiger partial charge in [0.2, 0.25) is 0 Å². The van der Waals surface area contributed by atoms with Crippen LogP contribution in [0.25, 0.3) is 60.9 Å². The van der Waals surface area contributed by atoms with Gasteiger partial charge in [0.25, 0.3) is 0 Å². The first kappa shape index (κ1) is 25.3. The highest BCUT2D eigenvalue weighted by Gasteiger charge is 2.41. The third-order valence-electron chi connectivity index (χ3n) is 9.48. The molecule has 1 aromatic heterocycles. The van der Waals surface area contributed by atoms with E-state index in [0.717, 1.165) is 50.6 Å². The fraction of sp³-hybridized carbons (Fsp3) is 0. The lowest BCUT2D eigenvalue weighted by Crippen LogP contribution is -2.53. The molecule has 0 atom stereocenters. The molecule has 0 aliphatic carbocycles. The minimum Gasteiger partial charge on any atom is -0.551 e. The molecule has 8 aromatic rings. The Morgan fingerprint density at radius 3 is 1.83 bits per heavy atom. The first-order valence-corrected chi connectivity index (χ1v) is 15.7.